The molecule has 0 radical (unpaired) electrons. The number of nitrogens with zero attached hydrogens (tertiary/aromatic N) is 2. The van der Waals surface area contributed by atoms with Gasteiger partial charge in [-0.05, 0) is 36.8 Å². The quantitative estimate of drug-likeness (QED) is 0.818. The summed E-state index contributed by atoms with van der Waals surface area (Å²) in [5, 5.41) is 3.51. The maximum atomic E-state index is 4.57. The number of nitrogens with one attached hydrogen (secondary N) is 1. The molecular formula is C16H27N3. The number of anilines is 1. The molecule has 1 aromatic rings. The van der Waals surface area contributed by atoms with Crippen LogP contribution in [0.1, 0.15) is 32.8 Å². The van der Waals surface area contributed by atoms with Crippen LogP contribution in [0, 0.1) is 17.8 Å². The van der Waals surface area contributed by atoms with Crippen LogP contribution in [0.15, 0.2) is 18.3 Å². The third-order valence-electron chi connectivity index (χ3n) is 3.88. The van der Waals surface area contributed by atoms with Crippen LogP contribution in [0.3, 0.4) is 0 Å². The number of aromatic nitrogens is 1. The molecule has 1 aliphatic carbocycles. The van der Waals surface area contributed by atoms with Crippen LogP contribution >= 0.6 is 0 Å². The van der Waals surface area contributed by atoms with E-state index in [9.17, 15) is 0 Å². The Balaban J connectivity index is 1.94. The topological polar surface area (TPSA) is 28.2 Å². The molecule has 1 saturated carbocycles. The predicted octanol–water partition coefficient (Wildman–Crippen LogP) is 2.92. The minimum absolute atomic E-state index is 0.685. The molecule has 0 aliphatic heterocycles. The van der Waals surface area contributed by atoms with E-state index >= 15 is 0 Å². The molecule has 2 atom stereocenters. The van der Waals surface area contributed by atoms with Gasteiger partial charge in [0.25, 0.3) is 0 Å². The van der Waals surface area contributed by atoms with Crippen molar-refractivity contribution in [1.82, 2.24) is 10.3 Å². The average Bonchev–Trinajstić information content (AvgIpc) is 3.05. The van der Waals surface area contributed by atoms with E-state index in [0.29, 0.717) is 5.92 Å². The first-order valence-electron chi connectivity index (χ1n) is 7.43. The Hall–Kier alpha value is -1.09. The van der Waals surface area contributed by atoms with Gasteiger partial charge in [0, 0.05) is 31.9 Å². The van der Waals surface area contributed by atoms with Crippen LogP contribution < -0.4 is 10.2 Å². The van der Waals surface area contributed by atoms with Gasteiger partial charge in [-0.1, -0.05) is 26.8 Å². The van der Waals surface area contributed by atoms with Crippen molar-refractivity contribution in [2.75, 3.05) is 25.0 Å². The monoisotopic (exact) mass is 261 g/mol. The zero-order chi connectivity index (χ0) is 13.8. The number of hydrogen-bond donors (Lipinski definition) is 1. The number of hydrogen-bond acceptors (Lipinski definition) is 3. The summed E-state index contributed by atoms with van der Waals surface area (Å²) in [4.78, 5) is 6.89. The maximum Gasteiger partial charge on any atom is 0.132 e. The molecule has 2 rings (SSSR count). The summed E-state index contributed by atoms with van der Waals surface area (Å²) in [6, 6.07) is 4.21. The Morgan fingerprint density at radius 2 is 2.21 bits per heavy atom. The summed E-state index contributed by atoms with van der Waals surface area (Å²) in [5.74, 6) is 3.58. The Morgan fingerprint density at radius 1 is 1.47 bits per heavy atom. The van der Waals surface area contributed by atoms with Crippen molar-refractivity contribution in [1.29, 1.82) is 0 Å². The van der Waals surface area contributed by atoms with Crippen molar-refractivity contribution >= 4 is 5.82 Å². The molecule has 1 N–H and O–H groups in total. The van der Waals surface area contributed by atoms with Gasteiger partial charge in [0.1, 0.15) is 5.82 Å². The molecule has 1 fully saturated rings. The van der Waals surface area contributed by atoms with E-state index in [1.807, 2.05) is 12.3 Å². The largest absolute Gasteiger partial charge is 0.359 e. The molecular weight excluding hydrogens is 234 g/mol. The first-order chi connectivity index (χ1) is 9.08. The maximum absolute atomic E-state index is 4.57. The highest BCUT2D eigenvalue weighted by Crippen LogP contribution is 2.38. The van der Waals surface area contributed by atoms with Gasteiger partial charge in [-0.25, -0.2) is 4.98 Å². The fourth-order valence-corrected chi connectivity index (χ4v) is 2.50. The second-order valence-corrected chi connectivity index (χ2v) is 6.36. The Bertz CT molecular complexity index is 403. The zero-order valence-electron chi connectivity index (χ0n) is 12.7. The second-order valence-electron chi connectivity index (χ2n) is 6.36. The molecule has 1 aliphatic rings. The first kappa shape index (κ1) is 14.3. The van der Waals surface area contributed by atoms with Gasteiger partial charge in [0.2, 0.25) is 0 Å². The third-order valence-corrected chi connectivity index (χ3v) is 3.88. The van der Waals surface area contributed by atoms with Crippen LogP contribution in [-0.2, 0) is 6.54 Å². The number of pyridine rings is 1. The van der Waals surface area contributed by atoms with Gasteiger partial charge in [0.15, 0.2) is 0 Å². The Kier molecular flexibility index (Phi) is 4.81. The molecule has 0 spiro atoms. The van der Waals surface area contributed by atoms with E-state index in [2.05, 4.69) is 49.1 Å². The molecule has 0 aromatic carbocycles. The Labute approximate surface area is 117 Å². The van der Waals surface area contributed by atoms with E-state index in [1.165, 1.54) is 12.0 Å². The molecule has 1 heterocycles. The Morgan fingerprint density at radius 3 is 2.84 bits per heavy atom. The fraction of sp³-hybridized carbons (Fsp3) is 0.688. The summed E-state index contributed by atoms with van der Waals surface area (Å²) in [5.41, 5.74) is 1.30. The highest BCUT2D eigenvalue weighted by Gasteiger charge is 2.33. The highest BCUT2D eigenvalue weighted by atomic mass is 15.2. The summed E-state index contributed by atoms with van der Waals surface area (Å²) < 4.78 is 0. The van der Waals surface area contributed by atoms with Gasteiger partial charge < -0.3 is 10.2 Å². The minimum atomic E-state index is 0.685. The van der Waals surface area contributed by atoms with Crippen molar-refractivity contribution in [2.24, 2.45) is 17.8 Å². The minimum Gasteiger partial charge on any atom is -0.359 e. The van der Waals surface area contributed by atoms with Crippen LogP contribution in [0.4, 0.5) is 5.82 Å². The van der Waals surface area contributed by atoms with Crippen molar-refractivity contribution in [3.05, 3.63) is 23.9 Å². The molecule has 0 saturated heterocycles. The molecule has 1 aromatic heterocycles. The zero-order valence-corrected chi connectivity index (χ0v) is 12.7. The van der Waals surface area contributed by atoms with Crippen LogP contribution in [0.25, 0.3) is 0 Å². The summed E-state index contributed by atoms with van der Waals surface area (Å²) in [6.07, 6.45) is 3.27. The molecule has 2 unspecified atom stereocenters. The standard InChI is InChI=1S/C16H27N3/c1-12(2)9-17-10-14-6-5-7-18-16(14)19(4)11-15-8-13(15)3/h5-7,12-13,15,17H,8-11H2,1-4H3. The average molecular weight is 261 g/mol. The van der Waals surface area contributed by atoms with Gasteiger partial charge in [0.05, 0.1) is 0 Å². The smallest absolute Gasteiger partial charge is 0.132 e. The van der Waals surface area contributed by atoms with E-state index in [1.54, 1.807) is 0 Å². The van der Waals surface area contributed by atoms with Gasteiger partial charge in [-0.3, -0.25) is 0 Å². The normalized spacial score (nSPS) is 21.7. The van der Waals surface area contributed by atoms with Crippen LogP contribution in [0.2, 0.25) is 0 Å². The molecule has 106 valence electrons. The summed E-state index contributed by atoms with van der Waals surface area (Å²) in [6.45, 7) is 9.90. The lowest BCUT2D eigenvalue weighted by Crippen LogP contribution is -2.25. The summed E-state index contributed by atoms with van der Waals surface area (Å²) in [7, 11) is 2.17. The van der Waals surface area contributed by atoms with Crippen molar-refractivity contribution in [3.63, 3.8) is 0 Å². The van der Waals surface area contributed by atoms with Gasteiger partial charge >= 0.3 is 0 Å². The second kappa shape index (κ2) is 6.38. The van der Waals surface area contributed by atoms with Crippen molar-refractivity contribution in [3.8, 4) is 0 Å². The lowest BCUT2D eigenvalue weighted by Gasteiger charge is -2.21. The molecule has 3 nitrogen and oxygen atoms in total. The van der Waals surface area contributed by atoms with E-state index in [0.717, 1.165) is 37.3 Å². The molecule has 19 heavy (non-hydrogen) atoms. The SMILES string of the molecule is CC(C)CNCc1cccnc1N(C)CC1CC1C. The molecule has 0 amide bonds. The predicted molar refractivity (Wildman–Crippen MR) is 81.3 cm³/mol. The number of rotatable bonds is 7. The van der Waals surface area contributed by atoms with E-state index in [-0.39, 0.29) is 0 Å². The highest BCUT2D eigenvalue weighted by molar-refractivity contribution is 5.46. The lowest BCUT2D eigenvalue weighted by atomic mass is 10.2. The molecule has 0 bridgehead atoms. The van der Waals surface area contributed by atoms with Crippen molar-refractivity contribution < 1.29 is 0 Å². The van der Waals surface area contributed by atoms with Gasteiger partial charge in [-0.15, -0.1) is 0 Å². The van der Waals surface area contributed by atoms with E-state index < -0.39 is 0 Å². The van der Waals surface area contributed by atoms with E-state index in [4.69, 9.17) is 0 Å². The fourth-order valence-electron chi connectivity index (χ4n) is 2.50. The van der Waals surface area contributed by atoms with Gasteiger partial charge in [-0.2, -0.15) is 0 Å². The lowest BCUT2D eigenvalue weighted by molar-refractivity contribution is 0.551. The summed E-state index contributed by atoms with van der Waals surface area (Å²) >= 11 is 0. The van der Waals surface area contributed by atoms with Crippen molar-refractivity contribution in [2.45, 2.75) is 33.7 Å². The third kappa shape index (κ3) is 4.20. The van der Waals surface area contributed by atoms with Crippen LogP contribution in [-0.4, -0.2) is 25.1 Å². The first-order valence-corrected chi connectivity index (χ1v) is 7.43. The molecule has 3 heteroatoms. The van der Waals surface area contributed by atoms with Crippen LogP contribution in [0.5, 0.6) is 0 Å².